The van der Waals surface area contributed by atoms with Gasteiger partial charge in [-0.3, -0.25) is 19.7 Å². The number of aryl methyl sites for hydroxylation is 1. The maximum absolute atomic E-state index is 13.2. The number of carbonyl (C=O) groups is 3. The van der Waals surface area contributed by atoms with Gasteiger partial charge in [-0.2, -0.15) is 0 Å². The van der Waals surface area contributed by atoms with Crippen molar-refractivity contribution in [3.05, 3.63) is 65.0 Å². The molecule has 1 saturated heterocycles. The molecule has 2 N–H and O–H groups in total. The van der Waals surface area contributed by atoms with E-state index < -0.39 is 23.9 Å². The van der Waals surface area contributed by atoms with E-state index in [9.17, 15) is 19.5 Å². The van der Waals surface area contributed by atoms with Gasteiger partial charge >= 0.3 is 5.97 Å². The number of carbonyl (C=O) groups excluding carboxylic acids is 2. The molecule has 4 aromatic rings. The summed E-state index contributed by atoms with van der Waals surface area (Å²) in [6.45, 7) is 4.04. The second-order valence-corrected chi connectivity index (χ2v) is 10.3. The molecule has 1 aliphatic heterocycles. The second kappa shape index (κ2) is 11.8. The normalized spacial score (nSPS) is 15.5. The molecule has 41 heavy (non-hydrogen) atoms. The summed E-state index contributed by atoms with van der Waals surface area (Å²) in [6.07, 6.45) is 0.214. The van der Waals surface area contributed by atoms with Crippen LogP contribution in [0.4, 0.5) is 5.13 Å². The van der Waals surface area contributed by atoms with E-state index >= 15 is 0 Å². The van der Waals surface area contributed by atoms with Crippen LogP contribution in [-0.4, -0.2) is 62.7 Å². The predicted octanol–water partition coefficient (Wildman–Crippen LogP) is 4.73. The van der Waals surface area contributed by atoms with Crippen molar-refractivity contribution in [2.24, 2.45) is 0 Å². The molecule has 0 bridgehead atoms. The van der Waals surface area contributed by atoms with Crippen LogP contribution in [-0.2, 0) is 9.59 Å². The number of ether oxygens (including phenoxy) is 2. The van der Waals surface area contributed by atoms with Crippen molar-refractivity contribution < 1.29 is 33.4 Å². The number of nitrogens with zero attached hydrogens (tertiary/aromatic N) is 4. The van der Waals surface area contributed by atoms with Gasteiger partial charge < -0.3 is 23.9 Å². The van der Waals surface area contributed by atoms with Crippen molar-refractivity contribution in [1.29, 1.82) is 0 Å². The van der Waals surface area contributed by atoms with Crippen LogP contribution in [0.2, 0.25) is 0 Å². The summed E-state index contributed by atoms with van der Waals surface area (Å²) in [5.74, 6) is -0.463. The van der Waals surface area contributed by atoms with Crippen molar-refractivity contribution in [3.63, 3.8) is 0 Å². The zero-order valence-electron chi connectivity index (χ0n) is 22.5. The SMILES string of the molecule is CCC(C(=O)O)c1csc(NC(=O)c2cc(Oc3ccc(-c4nnc(C)o4)cc3)cc(OC3CCN(C)C3=O)c2)n1. The molecular weight excluding hydrogens is 550 g/mol. The minimum absolute atomic E-state index is 0.145. The number of carboxylic acid groups (broad SMARTS) is 1. The van der Waals surface area contributed by atoms with E-state index in [1.54, 1.807) is 67.6 Å². The molecule has 2 atom stereocenters. The number of benzene rings is 2. The van der Waals surface area contributed by atoms with Gasteiger partial charge in [0.05, 0.1) is 11.6 Å². The Morgan fingerprint density at radius 1 is 1.17 bits per heavy atom. The van der Waals surface area contributed by atoms with Gasteiger partial charge in [0.1, 0.15) is 17.2 Å². The highest BCUT2D eigenvalue weighted by Crippen LogP contribution is 2.32. The number of rotatable bonds is 10. The molecular formula is C28H27N5O7S. The third-order valence-electron chi connectivity index (χ3n) is 6.47. The van der Waals surface area contributed by atoms with E-state index in [1.165, 1.54) is 6.07 Å². The summed E-state index contributed by atoms with van der Waals surface area (Å²) in [7, 11) is 1.71. The predicted molar refractivity (Wildman–Crippen MR) is 148 cm³/mol. The first kappa shape index (κ1) is 27.8. The molecule has 12 nitrogen and oxygen atoms in total. The quantitative estimate of drug-likeness (QED) is 0.270. The van der Waals surface area contributed by atoms with E-state index in [2.05, 4.69) is 20.5 Å². The first-order chi connectivity index (χ1) is 19.7. The number of hydrogen-bond donors (Lipinski definition) is 2. The number of nitrogens with one attached hydrogen (secondary N) is 1. The molecule has 212 valence electrons. The maximum Gasteiger partial charge on any atom is 0.312 e. The van der Waals surface area contributed by atoms with Gasteiger partial charge in [-0.25, -0.2) is 4.98 Å². The number of carboxylic acids is 1. The fourth-order valence-corrected chi connectivity index (χ4v) is 5.05. The van der Waals surface area contributed by atoms with Crippen LogP contribution >= 0.6 is 11.3 Å². The smallest absolute Gasteiger partial charge is 0.312 e. The van der Waals surface area contributed by atoms with Gasteiger partial charge in [0, 0.05) is 49.5 Å². The molecule has 5 rings (SSSR count). The topological polar surface area (TPSA) is 157 Å². The number of anilines is 1. The highest BCUT2D eigenvalue weighted by Gasteiger charge is 2.31. The van der Waals surface area contributed by atoms with Gasteiger partial charge in [0.2, 0.25) is 11.8 Å². The number of thiazole rings is 1. The van der Waals surface area contributed by atoms with E-state index in [1.807, 2.05) is 0 Å². The number of likely N-dealkylation sites (N-methyl/N-ethyl adjacent to an activating group) is 1. The molecule has 3 heterocycles. The summed E-state index contributed by atoms with van der Waals surface area (Å²) in [5.41, 5.74) is 1.30. The van der Waals surface area contributed by atoms with E-state index in [4.69, 9.17) is 13.9 Å². The summed E-state index contributed by atoms with van der Waals surface area (Å²) in [5, 5.41) is 21.9. The first-order valence-electron chi connectivity index (χ1n) is 12.8. The van der Waals surface area contributed by atoms with Crippen molar-refractivity contribution in [2.45, 2.75) is 38.7 Å². The summed E-state index contributed by atoms with van der Waals surface area (Å²) >= 11 is 1.14. The number of likely N-dealkylation sites (tertiary alicyclic amines) is 1. The summed E-state index contributed by atoms with van der Waals surface area (Å²) < 4.78 is 17.5. The number of aromatic nitrogens is 3. The van der Waals surface area contributed by atoms with Crippen molar-refractivity contribution in [2.75, 3.05) is 18.9 Å². The average Bonchev–Trinajstić information content (AvgIpc) is 3.67. The molecule has 2 amide bonds. The molecule has 2 unspecified atom stereocenters. The largest absolute Gasteiger partial charge is 0.481 e. The molecule has 0 saturated carbocycles. The standard InChI is InChI=1S/C28H27N5O7S/c1-4-21(27(36)37)22-14-41-28(29-22)30-24(34)17-11-19(13-20(12-17)40-23-9-10-33(3)26(23)35)39-18-7-5-16(6-8-18)25-32-31-15(2)38-25/h5-8,11-14,21,23H,4,9-10H2,1-3H3,(H,36,37)(H,29,30,34). The van der Waals surface area contributed by atoms with Gasteiger partial charge in [-0.1, -0.05) is 6.92 Å². The molecule has 1 fully saturated rings. The minimum atomic E-state index is -0.977. The van der Waals surface area contributed by atoms with Crippen LogP contribution in [0.1, 0.15) is 47.6 Å². The second-order valence-electron chi connectivity index (χ2n) is 9.43. The van der Waals surface area contributed by atoms with Crippen molar-refractivity contribution in [1.82, 2.24) is 20.1 Å². The van der Waals surface area contributed by atoms with Crippen molar-refractivity contribution in [3.8, 4) is 28.7 Å². The summed E-state index contributed by atoms with van der Waals surface area (Å²) in [4.78, 5) is 43.1. The Balaban J connectivity index is 1.38. The molecule has 0 aliphatic carbocycles. The van der Waals surface area contributed by atoms with Crippen LogP contribution < -0.4 is 14.8 Å². The lowest BCUT2D eigenvalue weighted by Crippen LogP contribution is -2.29. The Kier molecular flexibility index (Phi) is 7.97. The third-order valence-corrected chi connectivity index (χ3v) is 7.24. The van der Waals surface area contributed by atoms with Crippen molar-refractivity contribution >= 4 is 34.3 Å². The van der Waals surface area contributed by atoms with Crippen LogP contribution in [0.25, 0.3) is 11.5 Å². The number of hydrogen-bond acceptors (Lipinski definition) is 10. The Bertz CT molecular complexity index is 1580. The van der Waals surface area contributed by atoms with Gasteiger partial charge in [0.25, 0.3) is 11.8 Å². The lowest BCUT2D eigenvalue weighted by atomic mass is 10.0. The monoisotopic (exact) mass is 577 g/mol. The van der Waals surface area contributed by atoms with Crippen LogP contribution in [0.3, 0.4) is 0 Å². The molecule has 0 radical (unpaired) electrons. The molecule has 1 aliphatic rings. The number of amides is 2. The third kappa shape index (κ3) is 6.35. The number of aliphatic carboxylic acids is 1. The van der Waals surface area contributed by atoms with Gasteiger partial charge in [-0.15, -0.1) is 21.5 Å². The molecule has 0 spiro atoms. The van der Waals surface area contributed by atoms with E-state index in [0.717, 1.165) is 16.9 Å². The Labute approximate surface area is 238 Å². The van der Waals surface area contributed by atoms with E-state index in [0.29, 0.717) is 48.4 Å². The lowest BCUT2D eigenvalue weighted by molar-refractivity contribution is -0.139. The maximum atomic E-state index is 13.2. The summed E-state index contributed by atoms with van der Waals surface area (Å²) in [6, 6.07) is 11.7. The molecule has 2 aromatic heterocycles. The molecule has 13 heteroatoms. The van der Waals surface area contributed by atoms with Gasteiger partial charge in [-0.05, 0) is 42.8 Å². The van der Waals surface area contributed by atoms with Gasteiger partial charge in [0.15, 0.2) is 11.2 Å². The lowest BCUT2D eigenvalue weighted by Gasteiger charge is -2.15. The van der Waals surface area contributed by atoms with Crippen LogP contribution in [0.5, 0.6) is 17.2 Å². The Hall–Kier alpha value is -4.78. The fourth-order valence-electron chi connectivity index (χ4n) is 4.29. The average molecular weight is 578 g/mol. The minimum Gasteiger partial charge on any atom is -0.481 e. The Morgan fingerprint density at radius 2 is 1.93 bits per heavy atom. The zero-order chi connectivity index (χ0) is 29.1. The van der Waals surface area contributed by atoms with Crippen LogP contribution in [0.15, 0.2) is 52.3 Å². The molecule has 2 aromatic carbocycles. The Morgan fingerprint density at radius 3 is 2.56 bits per heavy atom. The highest BCUT2D eigenvalue weighted by molar-refractivity contribution is 7.14. The zero-order valence-corrected chi connectivity index (χ0v) is 23.3. The first-order valence-corrected chi connectivity index (χ1v) is 13.7. The fraction of sp³-hybridized carbons (Fsp3) is 0.286. The highest BCUT2D eigenvalue weighted by atomic mass is 32.1. The van der Waals surface area contributed by atoms with Crippen LogP contribution in [0, 0.1) is 6.92 Å². The van der Waals surface area contributed by atoms with E-state index in [-0.39, 0.29) is 22.4 Å².